The summed E-state index contributed by atoms with van der Waals surface area (Å²) in [5, 5.41) is 3.01. The van der Waals surface area contributed by atoms with Gasteiger partial charge in [-0.05, 0) is 30.9 Å². The molecular weight excluding hydrogens is 344 g/mol. The number of aromatic nitrogens is 2. The third-order valence-electron chi connectivity index (χ3n) is 5.45. The predicted molar refractivity (Wildman–Crippen MR) is 99.8 cm³/mol. The molecule has 0 aliphatic carbocycles. The highest BCUT2D eigenvalue weighted by Gasteiger charge is 2.47. The number of piperidine rings is 1. The molecule has 1 fully saturated rings. The predicted octanol–water partition coefficient (Wildman–Crippen LogP) is 2.14. The summed E-state index contributed by atoms with van der Waals surface area (Å²) in [5.74, 6) is 2.32. The fourth-order valence-electron chi connectivity index (χ4n) is 3.99. The highest BCUT2D eigenvalue weighted by molar-refractivity contribution is 5.80. The van der Waals surface area contributed by atoms with E-state index in [0.717, 1.165) is 44.1 Å². The third-order valence-corrected chi connectivity index (χ3v) is 5.45. The van der Waals surface area contributed by atoms with E-state index in [1.165, 1.54) is 0 Å². The Balaban J connectivity index is 1.46. The minimum absolute atomic E-state index is 0.0274. The molecule has 7 heteroatoms. The van der Waals surface area contributed by atoms with Gasteiger partial charge in [0.15, 0.2) is 6.10 Å². The van der Waals surface area contributed by atoms with Gasteiger partial charge in [0.05, 0.1) is 19.4 Å². The van der Waals surface area contributed by atoms with Crippen molar-refractivity contribution in [3.05, 3.63) is 42.4 Å². The normalized spacial score (nSPS) is 22.1. The fourth-order valence-corrected chi connectivity index (χ4v) is 3.99. The summed E-state index contributed by atoms with van der Waals surface area (Å²) < 4.78 is 14.0. The summed E-state index contributed by atoms with van der Waals surface area (Å²) in [4.78, 5) is 19.6. The largest absolute Gasteiger partial charge is 0.468 e. The van der Waals surface area contributed by atoms with Crippen molar-refractivity contribution in [1.82, 2.24) is 19.8 Å². The van der Waals surface area contributed by atoms with Crippen LogP contribution in [0.4, 0.5) is 0 Å². The van der Waals surface area contributed by atoms with Crippen LogP contribution in [0.3, 0.4) is 0 Å². The third kappa shape index (κ3) is 3.80. The number of fused-ring (bicyclic) bond motifs is 2. The van der Waals surface area contributed by atoms with Crippen LogP contribution in [-0.2, 0) is 28.2 Å². The first-order valence-electron chi connectivity index (χ1n) is 9.78. The number of imidazole rings is 1. The summed E-state index contributed by atoms with van der Waals surface area (Å²) in [7, 11) is 0. The lowest BCUT2D eigenvalue weighted by molar-refractivity contribution is -0.174. The van der Waals surface area contributed by atoms with E-state index in [-0.39, 0.29) is 5.91 Å². The van der Waals surface area contributed by atoms with Crippen LogP contribution in [0.5, 0.6) is 0 Å². The Bertz CT molecular complexity index is 760. The van der Waals surface area contributed by atoms with Crippen LogP contribution in [0, 0.1) is 5.92 Å². The quantitative estimate of drug-likeness (QED) is 0.871. The molecule has 2 aromatic heterocycles. The molecule has 0 saturated carbocycles. The van der Waals surface area contributed by atoms with Crippen molar-refractivity contribution in [2.45, 2.75) is 51.5 Å². The zero-order valence-corrected chi connectivity index (χ0v) is 16.1. The number of nitrogens with one attached hydrogen (secondary N) is 1. The summed E-state index contributed by atoms with van der Waals surface area (Å²) in [6.07, 6.45) is 6.64. The Morgan fingerprint density at radius 2 is 2.22 bits per heavy atom. The number of hydrogen-bond donors (Lipinski definition) is 1. The van der Waals surface area contributed by atoms with E-state index in [9.17, 15) is 4.79 Å². The Morgan fingerprint density at radius 3 is 2.93 bits per heavy atom. The second-order valence-electron chi connectivity index (χ2n) is 8.00. The van der Waals surface area contributed by atoms with E-state index in [0.29, 0.717) is 19.0 Å². The van der Waals surface area contributed by atoms with Crippen LogP contribution >= 0.6 is 0 Å². The molecule has 27 heavy (non-hydrogen) atoms. The number of likely N-dealkylation sites (tertiary alicyclic amines) is 1. The van der Waals surface area contributed by atoms with Crippen molar-refractivity contribution in [1.29, 1.82) is 0 Å². The van der Waals surface area contributed by atoms with Crippen LogP contribution in [0.25, 0.3) is 0 Å². The summed E-state index contributed by atoms with van der Waals surface area (Å²) in [6, 6.07) is 3.92. The van der Waals surface area contributed by atoms with Gasteiger partial charge in [0.1, 0.15) is 17.2 Å². The molecule has 1 atom stereocenters. The van der Waals surface area contributed by atoms with Crippen LogP contribution in [0.1, 0.15) is 38.3 Å². The van der Waals surface area contributed by atoms with Gasteiger partial charge in [0.25, 0.3) is 5.91 Å². The maximum Gasteiger partial charge on any atom is 0.251 e. The molecule has 1 amide bonds. The van der Waals surface area contributed by atoms with Gasteiger partial charge in [-0.3, -0.25) is 9.69 Å². The van der Waals surface area contributed by atoms with Gasteiger partial charge in [0, 0.05) is 32.0 Å². The minimum Gasteiger partial charge on any atom is -0.468 e. The molecule has 2 aromatic rings. The first-order valence-corrected chi connectivity index (χ1v) is 9.78. The SMILES string of the molecule is CC(C)CNC(=O)[C@H]1Cn2ccnc2C2(CCN(Cc3ccco3)CC2)O1. The standard InChI is InChI=1S/C20H28N4O3/c1-15(2)12-22-18(25)17-14-24-10-7-21-19(24)20(27-17)5-8-23(9-6-20)13-16-4-3-11-26-16/h3-4,7,10-11,15,17H,5-6,8-9,12-14H2,1-2H3,(H,22,25)/t17-/m1/s1. The zero-order valence-electron chi connectivity index (χ0n) is 16.1. The van der Waals surface area contributed by atoms with E-state index < -0.39 is 11.7 Å². The molecule has 2 aliphatic heterocycles. The monoisotopic (exact) mass is 372 g/mol. The van der Waals surface area contributed by atoms with E-state index in [4.69, 9.17) is 9.15 Å². The van der Waals surface area contributed by atoms with Crippen LogP contribution in [0.15, 0.2) is 35.2 Å². The fraction of sp³-hybridized carbons (Fsp3) is 0.600. The molecule has 0 bridgehead atoms. The second-order valence-corrected chi connectivity index (χ2v) is 8.00. The number of ether oxygens (including phenoxy) is 1. The van der Waals surface area contributed by atoms with E-state index >= 15 is 0 Å². The molecule has 0 radical (unpaired) electrons. The Morgan fingerprint density at radius 1 is 1.41 bits per heavy atom. The van der Waals surface area contributed by atoms with Crippen molar-refractivity contribution in [3.63, 3.8) is 0 Å². The van der Waals surface area contributed by atoms with E-state index in [1.54, 1.807) is 6.26 Å². The summed E-state index contributed by atoms with van der Waals surface area (Å²) in [5.41, 5.74) is -0.485. The highest BCUT2D eigenvalue weighted by Crippen LogP contribution is 2.40. The number of nitrogens with zero attached hydrogens (tertiary/aromatic N) is 3. The molecule has 146 valence electrons. The molecule has 0 aromatic carbocycles. The van der Waals surface area contributed by atoms with Gasteiger partial charge in [-0.2, -0.15) is 0 Å². The lowest BCUT2D eigenvalue weighted by Gasteiger charge is -2.45. The lowest BCUT2D eigenvalue weighted by Crippen LogP contribution is -2.54. The average molecular weight is 372 g/mol. The van der Waals surface area contributed by atoms with Crippen LogP contribution < -0.4 is 5.32 Å². The van der Waals surface area contributed by atoms with Crippen LogP contribution in [-0.4, -0.2) is 46.1 Å². The molecule has 1 spiro atoms. The first-order chi connectivity index (χ1) is 13.1. The molecular formula is C20H28N4O3. The van der Waals surface area contributed by atoms with Crippen molar-refractivity contribution in [3.8, 4) is 0 Å². The van der Waals surface area contributed by atoms with Gasteiger partial charge in [-0.1, -0.05) is 13.8 Å². The van der Waals surface area contributed by atoms with Crippen molar-refractivity contribution in [2.24, 2.45) is 5.92 Å². The Labute approximate surface area is 159 Å². The molecule has 4 heterocycles. The summed E-state index contributed by atoms with van der Waals surface area (Å²) in [6.45, 7) is 7.94. The highest BCUT2D eigenvalue weighted by atomic mass is 16.5. The van der Waals surface area contributed by atoms with Gasteiger partial charge in [-0.15, -0.1) is 0 Å². The van der Waals surface area contributed by atoms with Crippen molar-refractivity contribution < 1.29 is 13.9 Å². The topological polar surface area (TPSA) is 72.5 Å². The Hall–Kier alpha value is -2.12. The summed E-state index contributed by atoms with van der Waals surface area (Å²) >= 11 is 0. The number of carbonyl (C=O) groups excluding carboxylic acids is 1. The van der Waals surface area contributed by atoms with Gasteiger partial charge < -0.3 is 19.0 Å². The number of hydrogen-bond acceptors (Lipinski definition) is 5. The van der Waals surface area contributed by atoms with Gasteiger partial charge in [0.2, 0.25) is 0 Å². The average Bonchev–Trinajstić information content (AvgIpc) is 3.33. The molecule has 1 N–H and O–H groups in total. The van der Waals surface area contributed by atoms with Crippen molar-refractivity contribution in [2.75, 3.05) is 19.6 Å². The maximum atomic E-state index is 12.6. The minimum atomic E-state index is -0.485. The van der Waals surface area contributed by atoms with E-state index in [2.05, 4.69) is 33.6 Å². The maximum absolute atomic E-state index is 12.6. The molecule has 0 unspecified atom stereocenters. The number of carbonyl (C=O) groups is 1. The molecule has 7 nitrogen and oxygen atoms in total. The first kappa shape index (κ1) is 18.3. The molecule has 1 saturated heterocycles. The lowest BCUT2D eigenvalue weighted by atomic mass is 9.88. The molecule has 2 aliphatic rings. The number of furan rings is 1. The van der Waals surface area contributed by atoms with Gasteiger partial charge >= 0.3 is 0 Å². The van der Waals surface area contributed by atoms with Crippen molar-refractivity contribution >= 4 is 5.91 Å². The van der Waals surface area contributed by atoms with Crippen LogP contribution in [0.2, 0.25) is 0 Å². The van der Waals surface area contributed by atoms with Gasteiger partial charge in [-0.25, -0.2) is 4.98 Å². The number of rotatable bonds is 5. The second kappa shape index (κ2) is 7.48. The Kier molecular flexibility index (Phi) is 5.06. The smallest absolute Gasteiger partial charge is 0.251 e. The molecule has 4 rings (SSSR count). The van der Waals surface area contributed by atoms with E-state index in [1.807, 2.05) is 24.5 Å². The number of amides is 1. The zero-order chi connectivity index (χ0) is 18.9.